The molecule has 1 atom stereocenters. The lowest BCUT2D eigenvalue weighted by Gasteiger charge is -2.17. The molecule has 3 nitrogen and oxygen atoms in total. The summed E-state index contributed by atoms with van der Waals surface area (Å²) in [7, 11) is 0. The number of benzene rings is 1. The molecular weight excluding hydrogens is 282 g/mol. The number of anilines is 1. The zero-order valence-corrected chi connectivity index (χ0v) is 11.9. The quantitative estimate of drug-likeness (QED) is 0.837. The van der Waals surface area contributed by atoms with E-state index in [-0.39, 0.29) is 11.9 Å². The van der Waals surface area contributed by atoms with Gasteiger partial charge in [-0.05, 0) is 31.5 Å². The molecule has 0 spiro atoms. The summed E-state index contributed by atoms with van der Waals surface area (Å²) in [5, 5.41) is 5.95. The minimum atomic E-state index is -2.50. The molecule has 1 aromatic carbocycles. The molecule has 1 fully saturated rings. The predicted molar refractivity (Wildman–Crippen MR) is 77.2 cm³/mol. The molecule has 1 unspecified atom stereocenters. The second-order valence-corrected chi connectivity index (χ2v) is 5.75. The van der Waals surface area contributed by atoms with Gasteiger partial charge in [0, 0.05) is 4.90 Å². The van der Waals surface area contributed by atoms with Crippen LogP contribution in [0.25, 0.3) is 0 Å². The lowest BCUT2D eigenvalue weighted by molar-refractivity contribution is -0.118. The summed E-state index contributed by atoms with van der Waals surface area (Å²) >= 11 is 0.449. The minimum absolute atomic E-state index is 0.144. The Morgan fingerprint density at radius 2 is 2.10 bits per heavy atom. The molecule has 110 valence electrons. The van der Waals surface area contributed by atoms with Gasteiger partial charge in [-0.15, -0.1) is 0 Å². The SMILES string of the molecule is O=C(Nc1ccccc1SC(F)F)C1CCCCCN1. The number of para-hydroxylation sites is 1. The van der Waals surface area contributed by atoms with Crippen molar-refractivity contribution in [2.45, 2.75) is 42.4 Å². The smallest absolute Gasteiger partial charge is 0.288 e. The van der Waals surface area contributed by atoms with Crippen LogP contribution in [-0.4, -0.2) is 24.3 Å². The molecule has 1 heterocycles. The Labute approximate surface area is 121 Å². The van der Waals surface area contributed by atoms with Gasteiger partial charge in [0.15, 0.2) is 0 Å². The van der Waals surface area contributed by atoms with Gasteiger partial charge in [-0.3, -0.25) is 4.79 Å². The van der Waals surface area contributed by atoms with E-state index >= 15 is 0 Å². The van der Waals surface area contributed by atoms with Gasteiger partial charge < -0.3 is 10.6 Å². The fourth-order valence-corrected chi connectivity index (χ4v) is 2.84. The largest absolute Gasteiger partial charge is 0.324 e. The van der Waals surface area contributed by atoms with Crippen LogP contribution < -0.4 is 10.6 Å². The number of alkyl halides is 2. The minimum Gasteiger partial charge on any atom is -0.324 e. The Balaban J connectivity index is 2.03. The van der Waals surface area contributed by atoms with Crippen molar-refractivity contribution >= 4 is 23.4 Å². The van der Waals surface area contributed by atoms with Gasteiger partial charge in [-0.1, -0.05) is 36.7 Å². The Morgan fingerprint density at radius 1 is 1.30 bits per heavy atom. The van der Waals surface area contributed by atoms with Crippen LogP contribution in [0.15, 0.2) is 29.2 Å². The van der Waals surface area contributed by atoms with Crippen LogP contribution in [0, 0.1) is 0 Å². The van der Waals surface area contributed by atoms with Crippen LogP contribution >= 0.6 is 11.8 Å². The van der Waals surface area contributed by atoms with Gasteiger partial charge in [-0.25, -0.2) is 0 Å². The molecule has 0 aliphatic carbocycles. The fraction of sp³-hybridized carbons (Fsp3) is 0.500. The van der Waals surface area contributed by atoms with Crippen molar-refractivity contribution in [2.75, 3.05) is 11.9 Å². The van der Waals surface area contributed by atoms with E-state index < -0.39 is 5.76 Å². The Bertz CT molecular complexity index is 449. The zero-order valence-electron chi connectivity index (χ0n) is 11.1. The van der Waals surface area contributed by atoms with E-state index in [1.165, 1.54) is 0 Å². The van der Waals surface area contributed by atoms with Crippen molar-refractivity contribution < 1.29 is 13.6 Å². The van der Waals surface area contributed by atoms with Crippen LogP contribution in [0.3, 0.4) is 0 Å². The van der Waals surface area contributed by atoms with Gasteiger partial charge in [0.25, 0.3) is 5.76 Å². The maximum Gasteiger partial charge on any atom is 0.288 e. The average Bonchev–Trinajstić information content (AvgIpc) is 2.69. The van der Waals surface area contributed by atoms with Gasteiger partial charge in [0.1, 0.15) is 0 Å². The number of amides is 1. The first kappa shape index (κ1) is 15.3. The highest BCUT2D eigenvalue weighted by Crippen LogP contribution is 2.31. The molecule has 1 amide bonds. The summed E-state index contributed by atoms with van der Waals surface area (Å²) in [4.78, 5) is 12.6. The molecule has 2 rings (SSSR count). The third-order valence-electron chi connectivity index (χ3n) is 3.24. The van der Waals surface area contributed by atoms with Gasteiger partial charge >= 0.3 is 0 Å². The van der Waals surface area contributed by atoms with Crippen molar-refractivity contribution in [3.8, 4) is 0 Å². The second-order valence-electron chi connectivity index (χ2n) is 4.72. The first-order valence-electron chi connectivity index (χ1n) is 6.75. The van der Waals surface area contributed by atoms with Gasteiger partial charge in [-0.2, -0.15) is 8.78 Å². The lowest BCUT2D eigenvalue weighted by Crippen LogP contribution is -2.39. The van der Waals surface area contributed by atoms with Crippen molar-refractivity contribution in [1.29, 1.82) is 0 Å². The number of rotatable bonds is 4. The highest BCUT2D eigenvalue weighted by Gasteiger charge is 2.20. The van der Waals surface area contributed by atoms with E-state index in [2.05, 4.69) is 10.6 Å². The van der Waals surface area contributed by atoms with E-state index in [0.717, 1.165) is 32.2 Å². The molecule has 1 aliphatic heterocycles. The van der Waals surface area contributed by atoms with Gasteiger partial charge in [0.2, 0.25) is 5.91 Å². The summed E-state index contributed by atoms with van der Waals surface area (Å²) in [5.41, 5.74) is 0.453. The van der Waals surface area contributed by atoms with E-state index in [1.807, 2.05) is 0 Å². The van der Waals surface area contributed by atoms with Crippen molar-refractivity contribution in [2.24, 2.45) is 0 Å². The number of hydrogen-bond donors (Lipinski definition) is 2. The fourth-order valence-electron chi connectivity index (χ4n) is 2.24. The van der Waals surface area contributed by atoms with Crippen LogP contribution in [0.2, 0.25) is 0 Å². The van der Waals surface area contributed by atoms with Crippen molar-refractivity contribution in [3.63, 3.8) is 0 Å². The lowest BCUT2D eigenvalue weighted by atomic mass is 10.1. The molecule has 6 heteroatoms. The maximum atomic E-state index is 12.5. The van der Waals surface area contributed by atoms with Crippen molar-refractivity contribution in [3.05, 3.63) is 24.3 Å². The number of carbonyl (C=O) groups excluding carboxylic acids is 1. The highest BCUT2D eigenvalue weighted by atomic mass is 32.2. The van der Waals surface area contributed by atoms with E-state index in [0.29, 0.717) is 22.3 Å². The Hall–Kier alpha value is -1.14. The normalized spacial score (nSPS) is 19.6. The standard InChI is InChI=1S/C14H18F2N2OS/c15-14(16)20-12-8-4-3-6-10(12)18-13(19)11-7-2-1-5-9-17-11/h3-4,6,8,11,14,17H,1-2,5,7,9H2,(H,18,19). The van der Waals surface area contributed by atoms with Crippen LogP contribution in [-0.2, 0) is 4.79 Å². The van der Waals surface area contributed by atoms with E-state index in [4.69, 9.17) is 0 Å². The molecule has 0 saturated carbocycles. The molecular formula is C14H18F2N2OS. The monoisotopic (exact) mass is 300 g/mol. The molecule has 1 aromatic rings. The first-order valence-corrected chi connectivity index (χ1v) is 7.63. The molecule has 20 heavy (non-hydrogen) atoms. The Morgan fingerprint density at radius 3 is 2.90 bits per heavy atom. The number of thioether (sulfide) groups is 1. The number of halogens is 2. The molecule has 0 aromatic heterocycles. The molecule has 0 radical (unpaired) electrons. The summed E-state index contributed by atoms with van der Waals surface area (Å²) in [6.45, 7) is 0.825. The van der Waals surface area contributed by atoms with Gasteiger partial charge in [0.05, 0.1) is 11.7 Å². The summed E-state index contributed by atoms with van der Waals surface area (Å²) in [6.07, 6.45) is 3.99. The number of hydrogen-bond acceptors (Lipinski definition) is 3. The summed E-state index contributed by atoms with van der Waals surface area (Å²) in [5.74, 6) is -2.64. The van der Waals surface area contributed by atoms with Crippen LogP contribution in [0.5, 0.6) is 0 Å². The van der Waals surface area contributed by atoms with Crippen LogP contribution in [0.4, 0.5) is 14.5 Å². The molecule has 1 saturated heterocycles. The highest BCUT2D eigenvalue weighted by molar-refractivity contribution is 7.99. The molecule has 2 N–H and O–H groups in total. The molecule has 0 bridgehead atoms. The predicted octanol–water partition coefficient (Wildman–Crippen LogP) is 3.47. The third-order valence-corrected chi connectivity index (χ3v) is 4.03. The topological polar surface area (TPSA) is 41.1 Å². The number of nitrogens with one attached hydrogen (secondary N) is 2. The first-order chi connectivity index (χ1) is 9.66. The van der Waals surface area contributed by atoms with Crippen molar-refractivity contribution in [1.82, 2.24) is 5.32 Å². The zero-order chi connectivity index (χ0) is 14.4. The third kappa shape index (κ3) is 4.45. The van der Waals surface area contributed by atoms with E-state index in [1.54, 1.807) is 24.3 Å². The summed E-state index contributed by atoms with van der Waals surface area (Å²) in [6, 6.07) is 6.42. The summed E-state index contributed by atoms with van der Waals surface area (Å²) < 4.78 is 25.0. The van der Waals surface area contributed by atoms with Crippen LogP contribution in [0.1, 0.15) is 25.7 Å². The molecule has 1 aliphatic rings. The second kappa shape index (κ2) is 7.59. The number of carbonyl (C=O) groups is 1. The average molecular weight is 300 g/mol. The van der Waals surface area contributed by atoms with E-state index in [9.17, 15) is 13.6 Å². The Kier molecular flexibility index (Phi) is 5.79. The maximum absolute atomic E-state index is 12.5.